The first-order valence-electron chi connectivity index (χ1n) is 11.8. The second-order valence-corrected chi connectivity index (χ2v) is 8.92. The van der Waals surface area contributed by atoms with Crippen LogP contribution in [-0.4, -0.2) is 34.9 Å². The molecule has 0 saturated carbocycles. The van der Waals surface area contributed by atoms with Crippen LogP contribution in [0.25, 0.3) is 32.9 Å². The summed E-state index contributed by atoms with van der Waals surface area (Å²) in [5.41, 5.74) is 4.10. The van der Waals surface area contributed by atoms with E-state index in [9.17, 15) is 14.9 Å². The van der Waals surface area contributed by atoms with E-state index in [1.807, 2.05) is 72.8 Å². The highest BCUT2D eigenvalue weighted by atomic mass is 16.6. The minimum atomic E-state index is -0.350. The van der Waals surface area contributed by atoms with Crippen LogP contribution >= 0.6 is 0 Å². The van der Waals surface area contributed by atoms with Gasteiger partial charge in [-0.05, 0) is 29.3 Å². The van der Waals surface area contributed by atoms with Crippen molar-refractivity contribution in [1.29, 1.82) is 0 Å². The van der Waals surface area contributed by atoms with E-state index in [4.69, 9.17) is 9.47 Å². The fourth-order valence-corrected chi connectivity index (χ4v) is 5.44. The van der Waals surface area contributed by atoms with Crippen molar-refractivity contribution >= 4 is 33.4 Å². The average molecular weight is 494 g/mol. The number of benzene rings is 4. The third-order valence-electron chi connectivity index (χ3n) is 7.01. The molecule has 0 unspecified atom stereocenters. The number of nitrogens with one attached hydrogen (secondary N) is 1. The molecule has 1 aliphatic heterocycles. The maximum atomic E-state index is 14.1. The summed E-state index contributed by atoms with van der Waals surface area (Å²) in [6.07, 6.45) is 0. The zero-order valence-corrected chi connectivity index (χ0v) is 20.3. The summed E-state index contributed by atoms with van der Waals surface area (Å²) in [6.45, 7) is 0.447. The minimum Gasteiger partial charge on any atom is -0.496 e. The number of H-pyrrole nitrogens is 1. The number of amides is 1. The third kappa shape index (κ3) is 3.41. The molecule has 4 aromatic carbocycles. The van der Waals surface area contributed by atoms with Crippen LogP contribution in [0.1, 0.15) is 21.5 Å². The van der Waals surface area contributed by atoms with E-state index in [1.54, 1.807) is 19.1 Å². The van der Waals surface area contributed by atoms with Gasteiger partial charge in [0.05, 0.1) is 42.4 Å². The molecule has 8 nitrogen and oxygen atoms in total. The van der Waals surface area contributed by atoms with E-state index in [0.717, 1.165) is 16.5 Å². The van der Waals surface area contributed by atoms with Crippen LogP contribution in [0, 0.1) is 10.1 Å². The Kier molecular flexibility index (Phi) is 5.30. The molecule has 0 aliphatic carbocycles. The first kappa shape index (κ1) is 22.6. The van der Waals surface area contributed by atoms with E-state index in [2.05, 4.69) is 4.98 Å². The molecule has 0 spiro atoms. The number of aromatic amines is 1. The maximum Gasteiger partial charge on any atom is 0.301 e. The predicted molar refractivity (Wildman–Crippen MR) is 141 cm³/mol. The highest BCUT2D eigenvalue weighted by Gasteiger charge is 2.39. The third-order valence-corrected chi connectivity index (χ3v) is 7.01. The van der Waals surface area contributed by atoms with E-state index < -0.39 is 0 Å². The maximum absolute atomic E-state index is 14.1. The molecule has 0 fully saturated rings. The quantitative estimate of drug-likeness (QED) is 0.229. The number of fused-ring (bicyclic) bond motifs is 5. The van der Waals surface area contributed by atoms with Gasteiger partial charge in [-0.3, -0.25) is 14.9 Å². The SMILES string of the molecule is COc1cccc(OC)c1CN1Cc2c(-c3ccccc3)c([N+](=O)[O-])c3[nH]c4ccccc4c3c2C1=O. The van der Waals surface area contributed by atoms with Gasteiger partial charge in [-0.1, -0.05) is 54.6 Å². The summed E-state index contributed by atoms with van der Waals surface area (Å²) in [4.78, 5) is 31.2. The molecule has 0 atom stereocenters. The van der Waals surface area contributed by atoms with Crippen molar-refractivity contribution < 1.29 is 19.2 Å². The summed E-state index contributed by atoms with van der Waals surface area (Å²) >= 11 is 0. The Balaban J connectivity index is 1.64. The van der Waals surface area contributed by atoms with Crippen LogP contribution in [-0.2, 0) is 13.1 Å². The lowest BCUT2D eigenvalue weighted by Gasteiger charge is -2.20. The molecule has 1 aromatic heterocycles. The molecule has 6 rings (SSSR count). The van der Waals surface area contributed by atoms with Crippen molar-refractivity contribution in [1.82, 2.24) is 9.88 Å². The largest absolute Gasteiger partial charge is 0.496 e. The number of hydrogen-bond donors (Lipinski definition) is 1. The highest BCUT2D eigenvalue weighted by molar-refractivity contribution is 6.23. The smallest absolute Gasteiger partial charge is 0.301 e. The molecule has 5 aromatic rings. The van der Waals surface area contributed by atoms with Crippen LogP contribution in [0.4, 0.5) is 5.69 Å². The number of nitrogens with zero attached hydrogens (tertiary/aromatic N) is 2. The summed E-state index contributed by atoms with van der Waals surface area (Å²) in [5, 5.41) is 13.9. The molecule has 0 bridgehead atoms. The average Bonchev–Trinajstić information content (AvgIpc) is 3.45. The summed E-state index contributed by atoms with van der Waals surface area (Å²) in [5.74, 6) is 1.02. The molecular formula is C29H23N3O5. The number of ether oxygens (including phenoxy) is 2. The van der Waals surface area contributed by atoms with Gasteiger partial charge in [0, 0.05) is 22.8 Å². The van der Waals surface area contributed by atoms with E-state index in [1.165, 1.54) is 0 Å². The summed E-state index contributed by atoms with van der Waals surface area (Å²) in [7, 11) is 3.15. The van der Waals surface area contributed by atoms with Crippen molar-refractivity contribution in [2.45, 2.75) is 13.1 Å². The zero-order valence-electron chi connectivity index (χ0n) is 20.3. The molecule has 1 aliphatic rings. The lowest BCUT2D eigenvalue weighted by Crippen LogP contribution is -2.24. The standard InChI is InChI=1S/C29H23N3O5/c1-36-22-13-8-14-23(37-2)19(22)15-31-16-20-24(17-9-4-3-5-10-17)28(32(34)35)27-25(26(20)29(31)33)18-11-6-7-12-21(18)30-27/h3-14,30H,15-16H2,1-2H3. The zero-order chi connectivity index (χ0) is 25.7. The van der Waals surface area contributed by atoms with Gasteiger partial charge in [0.1, 0.15) is 17.0 Å². The Bertz CT molecular complexity index is 1690. The number of hydrogen-bond acceptors (Lipinski definition) is 5. The van der Waals surface area contributed by atoms with E-state index in [-0.39, 0.29) is 29.6 Å². The number of nitro benzene ring substituents is 1. The van der Waals surface area contributed by atoms with Gasteiger partial charge in [-0.25, -0.2) is 0 Å². The Hall–Kier alpha value is -4.85. The molecule has 184 valence electrons. The lowest BCUT2D eigenvalue weighted by atomic mass is 9.91. The number of aromatic nitrogens is 1. The van der Waals surface area contributed by atoms with Crippen LogP contribution in [0.3, 0.4) is 0 Å². The Morgan fingerprint density at radius 2 is 1.59 bits per heavy atom. The van der Waals surface area contributed by atoms with Gasteiger partial charge in [0.25, 0.3) is 5.91 Å². The summed E-state index contributed by atoms with van der Waals surface area (Å²) in [6, 6.07) is 22.2. The van der Waals surface area contributed by atoms with Crippen LogP contribution in [0.15, 0.2) is 72.8 Å². The Morgan fingerprint density at radius 1 is 0.919 bits per heavy atom. The van der Waals surface area contributed by atoms with Crippen molar-refractivity contribution in [3.05, 3.63) is 99.6 Å². The molecule has 1 amide bonds. The van der Waals surface area contributed by atoms with Crippen molar-refractivity contribution in [3.8, 4) is 22.6 Å². The number of nitro groups is 1. The van der Waals surface area contributed by atoms with Gasteiger partial charge in [-0.15, -0.1) is 0 Å². The van der Waals surface area contributed by atoms with Gasteiger partial charge in [0.15, 0.2) is 0 Å². The van der Waals surface area contributed by atoms with E-state index in [0.29, 0.717) is 44.7 Å². The molecular weight excluding hydrogens is 470 g/mol. The fraction of sp³-hybridized carbons (Fsp3) is 0.138. The van der Waals surface area contributed by atoms with Crippen LogP contribution in [0.2, 0.25) is 0 Å². The minimum absolute atomic E-state index is 0.0272. The molecule has 0 saturated heterocycles. The number of methoxy groups -OCH3 is 2. The molecule has 37 heavy (non-hydrogen) atoms. The Labute approximate surface area is 212 Å². The van der Waals surface area contributed by atoms with Crippen molar-refractivity contribution in [3.63, 3.8) is 0 Å². The predicted octanol–water partition coefficient (Wildman–Crippen LogP) is 6.07. The Morgan fingerprint density at radius 3 is 2.27 bits per heavy atom. The monoisotopic (exact) mass is 493 g/mol. The first-order valence-corrected chi connectivity index (χ1v) is 11.8. The van der Waals surface area contributed by atoms with Gasteiger partial charge in [-0.2, -0.15) is 0 Å². The fourth-order valence-electron chi connectivity index (χ4n) is 5.44. The second-order valence-electron chi connectivity index (χ2n) is 8.92. The first-order chi connectivity index (χ1) is 18.0. The van der Waals surface area contributed by atoms with E-state index >= 15 is 0 Å². The second kappa shape index (κ2) is 8.67. The van der Waals surface area contributed by atoms with Crippen molar-refractivity contribution in [2.75, 3.05) is 14.2 Å². The number of carbonyl (C=O) groups is 1. The summed E-state index contributed by atoms with van der Waals surface area (Å²) < 4.78 is 11.1. The van der Waals surface area contributed by atoms with Gasteiger partial charge >= 0.3 is 5.69 Å². The number of rotatable bonds is 6. The lowest BCUT2D eigenvalue weighted by molar-refractivity contribution is -0.382. The molecule has 8 heteroatoms. The number of para-hydroxylation sites is 1. The van der Waals surface area contributed by atoms with Crippen LogP contribution < -0.4 is 9.47 Å². The molecule has 2 heterocycles. The molecule has 1 N–H and O–H groups in total. The number of carbonyl (C=O) groups excluding carboxylic acids is 1. The van der Waals surface area contributed by atoms with Crippen molar-refractivity contribution in [2.24, 2.45) is 0 Å². The van der Waals surface area contributed by atoms with Crippen LogP contribution in [0.5, 0.6) is 11.5 Å². The molecule has 0 radical (unpaired) electrons. The van der Waals surface area contributed by atoms with Gasteiger partial charge < -0.3 is 19.4 Å². The normalized spacial score (nSPS) is 12.8. The topological polar surface area (TPSA) is 97.7 Å². The highest BCUT2D eigenvalue weighted by Crippen LogP contribution is 2.48. The van der Waals surface area contributed by atoms with Gasteiger partial charge in [0.2, 0.25) is 0 Å².